The summed E-state index contributed by atoms with van der Waals surface area (Å²) in [6, 6.07) is 1.70. The number of carbonyl (C=O) groups excluding carboxylic acids is 1. The van der Waals surface area contributed by atoms with Gasteiger partial charge in [-0.3, -0.25) is 0 Å². The van der Waals surface area contributed by atoms with Crippen molar-refractivity contribution in [2.24, 2.45) is 0 Å². The van der Waals surface area contributed by atoms with Gasteiger partial charge in [0.15, 0.2) is 0 Å². The van der Waals surface area contributed by atoms with Gasteiger partial charge in [-0.05, 0) is 32.8 Å². The number of esters is 1. The smallest absolute Gasteiger partial charge is 0.340 e. The van der Waals surface area contributed by atoms with E-state index in [0.29, 0.717) is 17.9 Å². The van der Waals surface area contributed by atoms with E-state index in [2.05, 4.69) is 16.8 Å². The number of hydrogen-bond donors (Lipinski definition) is 1. The van der Waals surface area contributed by atoms with Gasteiger partial charge in [0.25, 0.3) is 0 Å². The number of pyridine rings is 1. The Morgan fingerprint density at radius 3 is 3.00 bits per heavy atom. The Morgan fingerprint density at radius 1 is 1.57 bits per heavy atom. The zero-order valence-corrected chi connectivity index (χ0v) is 12.9. The summed E-state index contributed by atoms with van der Waals surface area (Å²) < 4.78 is 10.6. The SMILES string of the molecule is CCOC(=O)c1cc(N2CCCC(C)(OC)C2)ncc1N. The molecule has 2 N–H and O–H groups in total. The standard InChI is InChI=1S/C15H23N3O3/c1-4-21-14(19)11-8-13(17-9-12(11)16)18-7-5-6-15(2,10-18)20-3/h8-9H,4-7,10,16H2,1-3H3. The molecule has 1 aliphatic heterocycles. The van der Waals surface area contributed by atoms with E-state index in [9.17, 15) is 4.79 Å². The van der Waals surface area contributed by atoms with Crippen molar-refractivity contribution in [3.8, 4) is 0 Å². The Kier molecular flexibility index (Phi) is 4.67. The van der Waals surface area contributed by atoms with Gasteiger partial charge in [-0.2, -0.15) is 0 Å². The van der Waals surface area contributed by atoms with Crippen LogP contribution in [0, 0.1) is 0 Å². The first kappa shape index (κ1) is 15.6. The number of hydrogen-bond acceptors (Lipinski definition) is 6. The lowest BCUT2D eigenvalue weighted by Gasteiger charge is -2.40. The maximum absolute atomic E-state index is 11.9. The number of anilines is 2. The summed E-state index contributed by atoms with van der Waals surface area (Å²) in [6.45, 7) is 5.80. The van der Waals surface area contributed by atoms with Crippen molar-refractivity contribution in [2.75, 3.05) is 37.4 Å². The minimum atomic E-state index is -0.412. The molecule has 0 amide bonds. The summed E-state index contributed by atoms with van der Waals surface area (Å²) in [5, 5.41) is 0. The van der Waals surface area contributed by atoms with Gasteiger partial charge in [0.05, 0.1) is 29.7 Å². The number of carbonyl (C=O) groups is 1. The van der Waals surface area contributed by atoms with E-state index in [1.165, 1.54) is 6.20 Å². The number of aromatic nitrogens is 1. The third-order valence-corrected chi connectivity index (χ3v) is 3.89. The highest BCUT2D eigenvalue weighted by atomic mass is 16.5. The molecule has 6 heteroatoms. The van der Waals surface area contributed by atoms with Gasteiger partial charge in [0.1, 0.15) is 5.82 Å². The zero-order chi connectivity index (χ0) is 15.5. The second-order valence-electron chi connectivity index (χ2n) is 5.53. The number of methoxy groups -OCH3 is 1. The van der Waals surface area contributed by atoms with Crippen LogP contribution < -0.4 is 10.6 Å². The number of nitrogens with zero attached hydrogens (tertiary/aromatic N) is 2. The molecule has 0 bridgehead atoms. The molecule has 116 valence electrons. The van der Waals surface area contributed by atoms with Gasteiger partial charge in [-0.1, -0.05) is 0 Å². The molecule has 1 saturated heterocycles. The number of nitrogens with two attached hydrogens (primary N) is 1. The highest BCUT2D eigenvalue weighted by Gasteiger charge is 2.31. The van der Waals surface area contributed by atoms with E-state index in [-0.39, 0.29) is 5.60 Å². The molecular weight excluding hydrogens is 270 g/mol. The minimum Gasteiger partial charge on any atom is -0.462 e. The molecule has 2 rings (SSSR count). The number of ether oxygens (including phenoxy) is 2. The van der Waals surface area contributed by atoms with E-state index in [1.807, 2.05) is 0 Å². The third kappa shape index (κ3) is 3.44. The highest BCUT2D eigenvalue weighted by Crippen LogP contribution is 2.28. The van der Waals surface area contributed by atoms with E-state index in [1.54, 1.807) is 20.1 Å². The summed E-state index contributed by atoms with van der Waals surface area (Å²) in [6.07, 6.45) is 3.55. The molecule has 1 fully saturated rings. The number of rotatable bonds is 4. The maximum Gasteiger partial charge on any atom is 0.340 e. The lowest BCUT2D eigenvalue weighted by molar-refractivity contribution is -0.00481. The van der Waals surface area contributed by atoms with E-state index < -0.39 is 5.97 Å². The monoisotopic (exact) mass is 293 g/mol. The molecule has 0 aromatic carbocycles. The minimum absolute atomic E-state index is 0.189. The van der Waals surface area contributed by atoms with Crippen molar-refractivity contribution >= 4 is 17.5 Å². The molecule has 1 aromatic heterocycles. The Hall–Kier alpha value is -1.82. The second-order valence-corrected chi connectivity index (χ2v) is 5.53. The molecule has 6 nitrogen and oxygen atoms in total. The second kappa shape index (κ2) is 6.30. The molecule has 1 atom stereocenters. The fourth-order valence-corrected chi connectivity index (χ4v) is 2.58. The average Bonchev–Trinajstić information content (AvgIpc) is 2.48. The molecule has 21 heavy (non-hydrogen) atoms. The van der Waals surface area contributed by atoms with E-state index >= 15 is 0 Å². The van der Waals surface area contributed by atoms with Crippen molar-refractivity contribution in [1.29, 1.82) is 0 Å². The van der Waals surface area contributed by atoms with Crippen molar-refractivity contribution < 1.29 is 14.3 Å². The van der Waals surface area contributed by atoms with Crippen molar-refractivity contribution in [3.05, 3.63) is 17.8 Å². The maximum atomic E-state index is 11.9. The van der Waals surface area contributed by atoms with Crippen LogP contribution in [0.4, 0.5) is 11.5 Å². The lowest BCUT2D eigenvalue weighted by atomic mass is 9.94. The predicted octanol–water partition coefficient (Wildman–Crippen LogP) is 1.85. The topological polar surface area (TPSA) is 77.7 Å². The molecule has 0 radical (unpaired) electrons. The Morgan fingerprint density at radius 2 is 2.33 bits per heavy atom. The largest absolute Gasteiger partial charge is 0.462 e. The van der Waals surface area contributed by atoms with Crippen LogP contribution in [0.5, 0.6) is 0 Å². The zero-order valence-electron chi connectivity index (χ0n) is 12.9. The summed E-state index contributed by atoms with van der Waals surface area (Å²) in [4.78, 5) is 18.4. The molecular formula is C15H23N3O3. The van der Waals surface area contributed by atoms with Crippen molar-refractivity contribution in [1.82, 2.24) is 4.98 Å². The molecule has 0 saturated carbocycles. The van der Waals surface area contributed by atoms with Gasteiger partial charge < -0.3 is 20.1 Å². The van der Waals surface area contributed by atoms with Crippen LogP contribution in [-0.4, -0.2) is 43.4 Å². The van der Waals surface area contributed by atoms with Crippen LogP contribution in [0.25, 0.3) is 0 Å². The highest BCUT2D eigenvalue weighted by molar-refractivity contribution is 5.95. The summed E-state index contributed by atoms with van der Waals surface area (Å²) in [7, 11) is 1.73. The first-order chi connectivity index (χ1) is 9.99. The fourth-order valence-electron chi connectivity index (χ4n) is 2.58. The van der Waals surface area contributed by atoms with Crippen LogP contribution >= 0.6 is 0 Å². The molecule has 1 aromatic rings. The lowest BCUT2D eigenvalue weighted by Crippen LogP contribution is -2.47. The molecule has 0 spiro atoms. The number of piperidine rings is 1. The third-order valence-electron chi connectivity index (χ3n) is 3.89. The molecule has 2 heterocycles. The van der Waals surface area contributed by atoms with Crippen molar-refractivity contribution in [2.45, 2.75) is 32.3 Å². The van der Waals surface area contributed by atoms with Crippen LogP contribution in [-0.2, 0) is 9.47 Å². The van der Waals surface area contributed by atoms with Crippen LogP contribution in [0.2, 0.25) is 0 Å². The quantitative estimate of drug-likeness (QED) is 0.854. The first-order valence-electron chi connectivity index (χ1n) is 7.22. The van der Waals surface area contributed by atoms with E-state index in [4.69, 9.17) is 15.2 Å². The van der Waals surface area contributed by atoms with Gasteiger partial charge in [-0.15, -0.1) is 0 Å². The molecule has 0 aliphatic carbocycles. The summed E-state index contributed by atoms with van der Waals surface area (Å²) >= 11 is 0. The van der Waals surface area contributed by atoms with Gasteiger partial charge in [0.2, 0.25) is 0 Å². The summed E-state index contributed by atoms with van der Waals surface area (Å²) in [5.74, 6) is 0.320. The average molecular weight is 293 g/mol. The van der Waals surface area contributed by atoms with Crippen LogP contribution in [0.3, 0.4) is 0 Å². The van der Waals surface area contributed by atoms with Crippen LogP contribution in [0.15, 0.2) is 12.3 Å². The van der Waals surface area contributed by atoms with E-state index in [0.717, 1.165) is 31.7 Å². The van der Waals surface area contributed by atoms with Crippen molar-refractivity contribution in [3.63, 3.8) is 0 Å². The van der Waals surface area contributed by atoms with Gasteiger partial charge >= 0.3 is 5.97 Å². The predicted molar refractivity (Wildman–Crippen MR) is 81.5 cm³/mol. The molecule has 1 aliphatic rings. The normalized spacial score (nSPS) is 22.1. The summed E-state index contributed by atoms with van der Waals surface area (Å²) in [5.41, 5.74) is 6.34. The Balaban J connectivity index is 2.24. The Labute approximate surface area is 125 Å². The Bertz CT molecular complexity index is 521. The number of nitrogen functional groups attached to an aromatic ring is 1. The van der Waals surface area contributed by atoms with Gasteiger partial charge in [0, 0.05) is 20.2 Å². The fraction of sp³-hybridized carbons (Fsp3) is 0.600. The van der Waals surface area contributed by atoms with Crippen LogP contribution in [0.1, 0.15) is 37.0 Å². The van der Waals surface area contributed by atoms with Gasteiger partial charge in [-0.25, -0.2) is 9.78 Å². The first-order valence-corrected chi connectivity index (χ1v) is 7.22. The molecule has 1 unspecified atom stereocenters.